The Morgan fingerprint density at radius 3 is 2.55 bits per heavy atom. The van der Waals surface area contributed by atoms with E-state index < -0.39 is 0 Å². The van der Waals surface area contributed by atoms with Crippen LogP contribution in [0.5, 0.6) is 0 Å². The standard InChI is InChI=1S/C17H9N5/c1-10-7-16-17-11(5-4-6-20-17)12-8-13(18-2)14(19-3)9-15(12)22(16)21-10/h4-9H,1H3. The summed E-state index contributed by atoms with van der Waals surface area (Å²) in [7, 11) is 0. The summed E-state index contributed by atoms with van der Waals surface area (Å²) in [5.41, 5.74) is 4.17. The Balaban J connectivity index is 2.38. The van der Waals surface area contributed by atoms with Crippen molar-refractivity contribution in [2.45, 2.75) is 6.92 Å². The van der Waals surface area contributed by atoms with E-state index in [1.54, 1.807) is 18.3 Å². The van der Waals surface area contributed by atoms with E-state index in [4.69, 9.17) is 13.1 Å². The second-order valence-electron chi connectivity index (χ2n) is 5.06. The number of aryl methyl sites for hydroxylation is 1. The molecule has 0 unspecified atom stereocenters. The number of nitrogens with zero attached hydrogens (tertiary/aromatic N) is 5. The minimum Gasteiger partial charge on any atom is -0.254 e. The maximum Gasteiger partial charge on any atom is 0.196 e. The van der Waals surface area contributed by atoms with E-state index in [9.17, 15) is 0 Å². The van der Waals surface area contributed by atoms with Crippen LogP contribution < -0.4 is 0 Å². The summed E-state index contributed by atoms with van der Waals surface area (Å²) in [4.78, 5) is 11.4. The van der Waals surface area contributed by atoms with Crippen LogP contribution in [0.3, 0.4) is 0 Å². The van der Waals surface area contributed by atoms with Crippen molar-refractivity contribution in [1.82, 2.24) is 14.6 Å². The van der Waals surface area contributed by atoms with Gasteiger partial charge in [0.1, 0.15) is 0 Å². The number of hydrogen-bond donors (Lipinski definition) is 0. The van der Waals surface area contributed by atoms with E-state index in [-0.39, 0.29) is 0 Å². The maximum absolute atomic E-state index is 7.28. The van der Waals surface area contributed by atoms with E-state index in [1.165, 1.54) is 0 Å². The number of benzene rings is 1. The van der Waals surface area contributed by atoms with E-state index in [2.05, 4.69) is 19.8 Å². The highest BCUT2D eigenvalue weighted by Gasteiger charge is 2.14. The summed E-state index contributed by atoms with van der Waals surface area (Å²) in [6.45, 7) is 16.5. The summed E-state index contributed by atoms with van der Waals surface area (Å²) < 4.78 is 1.81. The van der Waals surface area contributed by atoms with Gasteiger partial charge in [0.25, 0.3) is 0 Å². The van der Waals surface area contributed by atoms with Crippen LogP contribution in [-0.2, 0) is 0 Å². The Kier molecular flexibility index (Phi) is 2.39. The molecule has 0 aliphatic rings. The van der Waals surface area contributed by atoms with Crippen molar-refractivity contribution in [1.29, 1.82) is 0 Å². The zero-order chi connectivity index (χ0) is 15.3. The molecule has 0 spiro atoms. The molecule has 3 aromatic heterocycles. The van der Waals surface area contributed by atoms with Crippen LogP contribution in [-0.4, -0.2) is 14.6 Å². The van der Waals surface area contributed by atoms with Crippen LogP contribution in [0.2, 0.25) is 0 Å². The lowest BCUT2D eigenvalue weighted by molar-refractivity contribution is 0.974. The van der Waals surface area contributed by atoms with Gasteiger partial charge >= 0.3 is 0 Å². The minimum atomic E-state index is 0.347. The molecule has 4 rings (SSSR count). The molecule has 0 aliphatic heterocycles. The molecule has 0 aliphatic carbocycles. The molecule has 3 heterocycles. The Bertz CT molecular complexity index is 1160. The second kappa shape index (κ2) is 4.28. The largest absolute Gasteiger partial charge is 0.254 e. The van der Waals surface area contributed by atoms with Crippen LogP contribution in [0.25, 0.3) is 37.0 Å². The summed E-state index contributed by atoms with van der Waals surface area (Å²) in [6, 6.07) is 9.34. The highest BCUT2D eigenvalue weighted by atomic mass is 15.2. The Hall–Kier alpha value is -3.44. The third kappa shape index (κ3) is 1.51. The molecule has 0 radical (unpaired) electrons. The zero-order valence-corrected chi connectivity index (χ0v) is 11.7. The molecular formula is C17H9N5. The summed E-state index contributed by atoms with van der Waals surface area (Å²) in [5, 5.41) is 6.37. The normalized spacial score (nSPS) is 10.9. The predicted octanol–water partition coefficient (Wildman–Crippen LogP) is 4.45. The molecule has 0 saturated heterocycles. The molecule has 0 atom stereocenters. The average molecular weight is 283 g/mol. The monoisotopic (exact) mass is 283 g/mol. The van der Waals surface area contributed by atoms with Crippen molar-refractivity contribution >= 4 is 38.7 Å². The fraction of sp³-hybridized carbons (Fsp3) is 0.0588. The van der Waals surface area contributed by atoms with Gasteiger partial charge in [-0.3, -0.25) is 14.7 Å². The SMILES string of the molecule is [C-]#[N+]c1cc2c3cccnc3c3cc(C)nn3c2cc1[N+]#[C-]. The van der Waals surface area contributed by atoms with Crippen LogP contribution in [0, 0.1) is 20.1 Å². The molecule has 4 aromatic rings. The molecule has 0 bridgehead atoms. The van der Waals surface area contributed by atoms with Crippen molar-refractivity contribution in [3.63, 3.8) is 0 Å². The maximum atomic E-state index is 7.28. The zero-order valence-electron chi connectivity index (χ0n) is 11.7. The summed E-state index contributed by atoms with van der Waals surface area (Å²) in [6.07, 6.45) is 1.75. The molecule has 5 nitrogen and oxygen atoms in total. The van der Waals surface area contributed by atoms with Crippen molar-refractivity contribution < 1.29 is 0 Å². The van der Waals surface area contributed by atoms with Gasteiger partial charge in [-0.05, 0) is 30.5 Å². The van der Waals surface area contributed by atoms with Gasteiger partial charge in [-0.2, -0.15) is 5.10 Å². The lowest BCUT2D eigenvalue weighted by Gasteiger charge is -2.08. The van der Waals surface area contributed by atoms with Gasteiger partial charge in [-0.25, -0.2) is 4.52 Å². The van der Waals surface area contributed by atoms with E-state index in [0.29, 0.717) is 11.4 Å². The quantitative estimate of drug-likeness (QED) is 0.353. The van der Waals surface area contributed by atoms with Gasteiger partial charge in [-0.15, -0.1) is 0 Å². The fourth-order valence-electron chi connectivity index (χ4n) is 2.81. The molecule has 0 saturated carbocycles. The number of aromatic nitrogens is 3. The second-order valence-corrected chi connectivity index (χ2v) is 5.06. The first-order valence-corrected chi connectivity index (χ1v) is 6.68. The van der Waals surface area contributed by atoms with Crippen molar-refractivity contribution in [2.75, 3.05) is 0 Å². The third-order valence-corrected chi connectivity index (χ3v) is 3.73. The smallest absolute Gasteiger partial charge is 0.196 e. The molecule has 22 heavy (non-hydrogen) atoms. The number of pyridine rings is 2. The first-order valence-electron chi connectivity index (χ1n) is 6.68. The van der Waals surface area contributed by atoms with Gasteiger partial charge in [0.2, 0.25) is 0 Å². The van der Waals surface area contributed by atoms with Crippen LogP contribution in [0.4, 0.5) is 11.4 Å². The third-order valence-electron chi connectivity index (χ3n) is 3.73. The predicted molar refractivity (Wildman–Crippen MR) is 85.3 cm³/mol. The van der Waals surface area contributed by atoms with Crippen LogP contribution >= 0.6 is 0 Å². The summed E-state index contributed by atoms with van der Waals surface area (Å²) >= 11 is 0. The van der Waals surface area contributed by atoms with Crippen molar-refractivity contribution in [3.05, 3.63) is 65.1 Å². The van der Waals surface area contributed by atoms with E-state index >= 15 is 0 Å². The molecule has 0 N–H and O–H groups in total. The van der Waals surface area contributed by atoms with Gasteiger partial charge in [0, 0.05) is 11.6 Å². The minimum absolute atomic E-state index is 0.347. The molecule has 5 heteroatoms. The Morgan fingerprint density at radius 1 is 1.00 bits per heavy atom. The number of rotatable bonds is 0. The first-order chi connectivity index (χ1) is 10.7. The lowest BCUT2D eigenvalue weighted by Crippen LogP contribution is -1.94. The first kappa shape index (κ1) is 12.3. The van der Waals surface area contributed by atoms with Crippen LogP contribution in [0.1, 0.15) is 5.69 Å². The van der Waals surface area contributed by atoms with Gasteiger partial charge in [0.15, 0.2) is 11.4 Å². The topological polar surface area (TPSA) is 38.9 Å². The van der Waals surface area contributed by atoms with Gasteiger partial charge < -0.3 is 0 Å². The lowest BCUT2D eigenvalue weighted by atomic mass is 10.1. The fourth-order valence-corrected chi connectivity index (χ4v) is 2.81. The molecule has 0 amide bonds. The molecule has 102 valence electrons. The molecular weight excluding hydrogens is 274 g/mol. The van der Waals surface area contributed by atoms with E-state index in [0.717, 1.165) is 33.0 Å². The highest BCUT2D eigenvalue weighted by Crippen LogP contribution is 2.37. The Morgan fingerprint density at radius 2 is 1.77 bits per heavy atom. The van der Waals surface area contributed by atoms with Crippen molar-refractivity contribution in [3.8, 4) is 0 Å². The average Bonchev–Trinajstić information content (AvgIpc) is 2.95. The van der Waals surface area contributed by atoms with Gasteiger partial charge in [0.05, 0.1) is 35.4 Å². The summed E-state index contributed by atoms with van der Waals surface area (Å²) in [5.74, 6) is 0. The highest BCUT2D eigenvalue weighted by molar-refractivity contribution is 6.12. The van der Waals surface area contributed by atoms with E-state index in [1.807, 2.05) is 29.6 Å². The van der Waals surface area contributed by atoms with Crippen LogP contribution in [0.15, 0.2) is 36.5 Å². The molecule has 0 fully saturated rings. The van der Waals surface area contributed by atoms with Crippen molar-refractivity contribution in [2.24, 2.45) is 0 Å². The van der Waals surface area contributed by atoms with Gasteiger partial charge in [-0.1, -0.05) is 12.1 Å². The number of hydrogen-bond acceptors (Lipinski definition) is 2. The number of fused-ring (bicyclic) bond motifs is 6. The Labute approximate surface area is 126 Å². The molecule has 1 aromatic carbocycles.